The first-order chi connectivity index (χ1) is 9.33. The maximum atomic E-state index is 12.0. The van der Waals surface area contributed by atoms with Crippen LogP contribution in [0.3, 0.4) is 0 Å². The summed E-state index contributed by atoms with van der Waals surface area (Å²) in [5, 5.41) is 0. The van der Waals surface area contributed by atoms with Gasteiger partial charge in [0.2, 0.25) is 0 Å². The second-order valence-electron chi connectivity index (χ2n) is 4.45. The number of ether oxygens (including phenoxy) is 2. The van der Waals surface area contributed by atoms with Crippen molar-refractivity contribution < 1.29 is 19.1 Å². The summed E-state index contributed by atoms with van der Waals surface area (Å²) in [5.74, 6) is -1.11. The van der Waals surface area contributed by atoms with E-state index in [4.69, 9.17) is 9.47 Å². The molecule has 0 spiro atoms. The molecule has 0 aliphatic rings. The Labute approximate surface area is 120 Å². The summed E-state index contributed by atoms with van der Waals surface area (Å²) in [7, 11) is 7.05. The van der Waals surface area contributed by atoms with Crippen LogP contribution in [0, 0.1) is 0 Å². The molecule has 0 atom stereocenters. The number of rotatable bonds is 7. The van der Waals surface area contributed by atoms with Gasteiger partial charge in [0.1, 0.15) is 0 Å². The number of carbonyl (C=O) groups is 2. The summed E-state index contributed by atoms with van der Waals surface area (Å²) in [6.07, 6.45) is 3.09. The number of hydrogen-bond acceptors (Lipinski definition) is 6. The van der Waals surface area contributed by atoms with Crippen molar-refractivity contribution in [1.29, 1.82) is 0 Å². The minimum absolute atomic E-state index is 0.170. The van der Waals surface area contributed by atoms with E-state index < -0.39 is 11.9 Å². The lowest BCUT2D eigenvalue weighted by atomic mass is 10.1. The summed E-state index contributed by atoms with van der Waals surface area (Å²) in [6, 6.07) is 0. The van der Waals surface area contributed by atoms with Gasteiger partial charge in [-0.1, -0.05) is 0 Å². The third-order valence-electron chi connectivity index (χ3n) is 2.06. The molecular weight excluding hydrogens is 260 g/mol. The predicted molar refractivity (Wildman–Crippen MR) is 76.8 cm³/mol. The molecule has 0 saturated heterocycles. The van der Waals surface area contributed by atoms with Gasteiger partial charge in [-0.15, -0.1) is 0 Å². The van der Waals surface area contributed by atoms with Crippen LogP contribution in [0.5, 0.6) is 0 Å². The van der Waals surface area contributed by atoms with Gasteiger partial charge in [0.05, 0.1) is 24.4 Å². The quantitative estimate of drug-likeness (QED) is 0.395. The van der Waals surface area contributed by atoms with Crippen molar-refractivity contribution in [1.82, 2.24) is 9.80 Å². The van der Waals surface area contributed by atoms with Crippen molar-refractivity contribution in [3.63, 3.8) is 0 Å². The van der Waals surface area contributed by atoms with E-state index in [1.54, 1.807) is 64.2 Å². The Kier molecular flexibility index (Phi) is 8.12. The van der Waals surface area contributed by atoms with Crippen molar-refractivity contribution in [3.8, 4) is 0 Å². The summed E-state index contributed by atoms with van der Waals surface area (Å²) in [4.78, 5) is 27.4. The molecular formula is C14H24N2O4. The first kappa shape index (κ1) is 18.0. The molecule has 0 unspecified atom stereocenters. The number of carbonyl (C=O) groups excluding carboxylic acids is 2. The lowest BCUT2D eigenvalue weighted by molar-refractivity contribution is -0.142. The van der Waals surface area contributed by atoms with Gasteiger partial charge < -0.3 is 19.3 Å². The van der Waals surface area contributed by atoms with Crippen LogP contribution in [0.1, 0.15) is 13.8 Å². The van der Waals surface area contributed by atoms with E-state index in [9.17, 15) is 9.59 Å². The normalized spacial score (nSPS) is 11.9. The molecule has 20 heavy (non-hydrogen) atoms. The van der Waals surface area contributed by atoms with Crippen LogP contribution in [0.25, 0.3) is 0 Å². The van der Waals surface area contributed by atoms with Crippen LogP contribution in [0.2, 0.25) is 0 Å². The molecule has 0 amide bonds. The highest BCUT2D eigenvalue weighted by atomic mass is 16.5. The van der Waals surface area contributed by atoms with Crippen molar-refractivity contribution in [2.24, 2.45) is 0 Å². The zero-order valence-corrected chi connectivity index (χ0v) is 13.1. The maximum absolute atomic E-state index is 12.0. The molecule has 0 fully saturated rings. The van der Waals surface area contributed by atoms with E-state index in [-0.39, 0.29) is 24.4 Å². The first-order valence-corrected chi connectivity index (χ1v) is 6.44. The van der Waals surface area contributed by atoms with Crippen molar-refractivity contribution in [2.75, 3.05) is 41.4 Å². The van der Waals surface area contributed by atoms with Gasteiger partial charge >= 0.3 is 11.9 Å². The fourth-order valence-electron chi connectivity index (χ4n) is 1.40. The zero-order valence-electron chi connectivity index (χ0n) is 13.1. The third kappa shape index (κ3) is 6.26. The van der Waals surface area contributed by atoms with Gasteiger partial charge in [0, 0.05) is 40.6 Å². The lowest BCUT2D eigenvalue weighted by Gasteiger charge is -2.15. The first-order valence-electron chi connectivity index (χ1n) is 6.44. The smallest absolute Gasteiger partial charge is 0.340 e. The molecule has 0 bridgehead atoms. The van der Waals surface area contributed by atoms with Gasteiger partial charge in [0.15, 0.2) is 0 Å². The van der Waals surface area contributed by atoms with Gasteiger partial charge in [-0.2, -0.15) is 0 Å². The second kappa shape index (κ2) is 9.01. The fourth-order valence-corrected chi connectivity index (χ4v) is 1.40. The highest BCUT2D eigenvalue weighted by Crippen LogP contribution is 2.15. The Morgan fingerprint density at radius 1 is 0.800 bits per heavy atom. The molecule has 0 aromatic heterocycles. The minimum Gasteiger partial charge on any atom is -0.462 e. The molecule has 0 aromatic carbocycles. The standard InChI is InChI=1S/C14H24N2O4/c1-7-19-13(17)11(9-15(3)4)12(10-16(5)6)14(18)20-8-2/h9-10H,7-8H2,1-6H3/b11-9-,12-10-. The Morgan fingerprint density at radius 3 is 1.30 bits per heavy atom. The third-order valence-corrected chi connectivity index (χ3v) is 2.06. The van der Waals surface area contributed by atoms with E-state index in [0.717, 1.165) is 0 Å². The lowest BCUT2D eigenvalue weighted by Crippen LogP contribution is -2.21. The van der Waals surface area contributed by atoms with E-state index in [0.29, 0.717) is 0 Å². The van der Waals surface area contributed by atoms with Crippen LogP contribution >= 0.6 is 0 Å². The maximum Gasteiger partial charge on any atom is 0.340 e. The van der Waals surface area contributed by atoms with Crippen molar-refractivity contribution >= 4 is 11.9 Å². The van der Waals surface area contributed by atoms with Gasteiger partial charge in [-0.25, -0.2) is 9.59 Å². The number of nitrogens with zero attached hydrogens (tertiary/aromatic N) is 2. The van der Waals surface area contributed by atoms with Crippen LogP contribution in [0.15, 0.2) is 23.5 Å². The largest absolute Gasteiger partial charge is 0.462 e. The van der Waals surface area contributed by atoms with Crippen LogP contribution in [-0.4, -0.2) is 63.1 Å². The van der Waals surface area contributed by atoms with Crippen molar-refractivity contribution in [3.05, 3.63) is 23.5 Å². The molecule has 0 rings (SSSR count). The van der Waals surface area contributed by atoms with Crippen LogP contribution in [-0.2, 0) is 19.1 Å². The molecule has 0 aromatic rings. The highest BCUT2D eigenvalue weighted by molar-refractivity contribution is 6.06. The van der Waals surface area contributed by atoms with E-state index in [1.807, 2.05) is 0 Å². The monoisotopic (exact) mass is 284 g/mol. The second-order valence-corrected chi connectivity index (χ2v) is 4.45. The molecule has 6 heteroatoms. The molecule has 0 radical (unpaired) electrons. The number of hydrogen-bond donors (Lipinski definition) is 0. The summed E-state index contributed by atoms with van der Waals surface area (Å²) in [6.45, 7) is 3.90. The average molecular weight is 284 g/mol. The van der Waals surface area contributed by atoms with Crippen molar-refractivity contribution in [2.45, 2.75) is 13.8 Å². The average Bonchev–Trinajstić information content (AvgIpc) is 2.33. The van der Waals surface area contributed by atoms with E-state index in [1.165, 1.54) is 0 Å². The van der Waals surface area contributed by atoms with E-state index >= 15 is 0 Å². The number of esters is 2. The minimum atomic E-state index is -0.553. The predicted octanol–water partition coefficient (Wildman–Crippen LogP) is 1.00. The molecule has 6 nitrogen and oxygen atoms in total. The van der Waals surface area contributed by atoms with Gasteiger partial charge in [-0.3, -0.25) is 0 Å². The summed E-state index contributed by atoms with van der Waals surface area (Å²) < 4.78 is 9.99. The molecule has 0 saturated carbocycles. The molecule has 0 aliphatic carbocycles. The Hall–Kier alpha value is -1.98. The molecule has 114 valence electrons. The van der Waals surface area contributed by atoms with Gasteiger partial charge in [-0.05, 0) is 13.8 Å². The fraction of sp³-hybridized carbons (Fsp3) is 0.571. The molecule has 0 N–H and O–H groups in total. The topological polar surface area (TPSA) is 59.1 Å². The highest BCUT2D eigenvalue weighted by Gasteiger charge is 2.24. The SMILES string of the molecule is CCOC(=O)C(=C\N(C)C)/C(=C/N(C)C)C(=O)OCC. The molecule has 0 aliphatic heterocycles. The zero-order chi connectivity index (χ0) is 15.7. The van der Waals surface area contributed by atoms with Gasteiger partial charge in [0.25, 0.3) is 0 Å². The van der Waals surface area contributed by atoms with Crippen LogP contribution in [0.4, 0.5) is 0 Å². The molecule has 0 heterocycles. The van der Waals surface area contributed by atoms with E-state index in [2.05, 4.69) is 0 Å². The summed E-state index contributed by atoms with van der Waals surface area (Å²) in [5.41, 5.74) is 0.341. The Balaban J connectivity index is 5.64. The van der Waals surface area contributed by atoms with Crippen LogP contribution < -0.4 is 0 Å². The summed E-state index contributed by atoms with van der Waals surface area (Å²) >= 11 is 0. The Bertz CT molecular complexity index is 360. The Morgan fingerprint density at radius 2 is 1.10 bits per heavy atom.